The normalized spacial score (nSPS) is 11.0. The maximum atomic E-state index is 13.1. The third-order valence-corrected chi connectivity index (χ3v) is 5.50. The number of ether oxygens (including phenoxy) is 1. The van der Waals surface area contributed by atoms with E-state index >= 15 is 0 Å². The van der Waals surface area contributed by atoms with Crippen molar-refractivity contribution in [1.82, 2.24) is 4.57 Å². The standard InChI is InChI=1S/C26H23NO3/c1-4-13-27-17(2)14-23(18(27)3)24(28)16-30-26(29)25-21-11-7-5-9-19(21)15-20-10-6-8-12-22(20)25/h4-12,14-15H,1,13,16H2,2-3H3. The number of allylic oxidation sites excluding steroid dienone is 1. The van der Waals surface area contributed by atoms with Gasteiger partial charge in [0.2, 0.25) is 5.78 Å². The first-order chi connectivity index (χ1) is 14.5. The molecular formula is C26H23NO3. The molecule has 0 aliphatic heterocycles. The van der Waals surface area contributed by atoms with Gasteiger partial charge in [0.25, 0.3) is 0 Å². The van der Waals surface area contributed by atoms with Crippen LogP contribution in [0.3, 0.4) is 0 Å². The summed E-state index contributed by atoms with van der Waals surface area (Å²) in [4.78, 5) is 25.9. The van der Waals surface area contributed by atoms with E-state index in [1.807, 2.05) is 73.0 Å². The number of ketones is 1. The lowest BCUT2D eigenvalue weighted by Crippen LogP contribution is -2.15. The molecule has 4 rings (SSSR count). The zero-order valence-electron chi connectivity index (χ0n) is 17.1. The van der Waals surface area contributed by atoms with Crippen molar-refractivity contribution in [2.24, 2.45) is 0 Å². The van der Waals surface area contributed by atoms with Gasteiger partial charge in [0.15, 0.2) is 6.61 Å². The predicted molar refractivity (Wildman–Crippen MR) is 120 cm³/mol. The molecule has 0 aliphatic rings. The molecule has 0 N–H and O–H groups in total. The first-order valence-corrected chi connectivity index (χ1v) is 9.89. The minimum atomic E-state index is -0.490. The molecule has 0 aliphatic carbocycles. The number of aryl methyl sites for hydroxylation is 1. The molecule has 1 aromatic heterocycles. The van der Waals surface area contributed by atoms with Gasteiger partial charge in [0.05, 0.1) is 5.56 Å². The van der Waals surface area contributed by atoms with Crippen molar-refractivity contribution in [3.8, 4) is 0 Å². The molecule has 30 heavy (non-hydrogen) atoms. The first kappa shape index (κ1) is 19.6. The van der Waals surface area contributed by atoms with E-state index in [1.54, 1.807) is 6.08 Å². The van der Waals surface area contributed by atoms with Gasteiger partial charge in [-0.05, 0) is 47.5 Å². The molecule has 0 bridgehead atoms. The second kappa shape index (κ2) is 7.99. The molecule has 0 spiro atoms. The molecule has 4 heteroatoms. The Morgan fingerprint density at radius 3 is 2.17 bits per heavy atom. The van der Waals surface area contributed by atoms with Crippen molar-refractivity contribution in [3.63, 3.8) is 0 Å². The monoisotopic (exact) mass is 397 g/mol. The number of nitrogens with zero attached hydrogens (tertiary/aromatic N) is 1. The van der Waals surface area contributed by atoms with E-state index in [9.17, 15) is 9.59 Å². The summed E-state index contributed by atoms with van der Waals surface area (Å²) in [6.45, 7) is 7.93. The second-order valence-electron chi connectivity index (χ2n) is 7.38. The maximum absolute atomic E-state index is 13.1. The van der Waals surface area contributed by atoms with Crippen LogP contribution in [0.2, 0.25) is 0 Å². The smallest absolute Gasteiger partial charge is 0.339 e. The van der Waals surface area contributed by atoms with E-state index in [-0.39, 0.29) is 12.4 Å². The first-order valence-electron chi connectivity index (χ1n) is 9.89. The number of hydrogen-bond acceptors (Lipinski definition) is 3. The van der Waals surface area contributed by atoms with Crippen LogP contribution in [0.5, 0.6) is 0 Å². The van der Waals surface area contributed by atoms with E-state index in [0.717, 1.165) is 32.9 Å². The van der Waals surface area contributed by atoms with Crippen LogP contribution >= 0.6 is 0 Å². The predicted octanol–water partition coefficient (Wildman–Crippen LogP) is 5.64. The van der Waals surface area contributed by atoms with Crippen LogP contribution in [0, 0.1) is 13.8 Å². The van der Waals surface area contributed by atoms with Crippen molar-refractivity contribution < 1.29 is 14.3 Å². The third kappa shape index (κ3) is 3.41. The Labute approximate surface area is 175 Å². The summed E-state index contributed by atoms with van der Waals surface area (Å²) in [7, 11) is 0. The third-order valence-electron chi connectivity index (χ3n) is 5.50. The number of Topliss-reactive ketones (excluding diaryl/α,β-unsaturated/α-hetero) is 1. The van der Waals surface area contributed by atoms with Gasteiger partial charge in [-0.3, -0.25) is 4.79 Å². The summed E-state index contributed by atoms with van der Waals surface area (Å²) < 4.78 is 7.52. The molecule has 3 aromatic carbocycles. The summed E-state index contributed by atoms with van der Waals surface area (Å²) in [6, 6.07) is 19.3. The largest absolute Gasteiger partial charge is 0.454 e. The molecule has 0 amide bonds. The van der Waals surface area contributed by atoms with Gasteiger partial charge in [0, 0.05) is 23.5 Å². The molecular weight excluding hydrogens is 374 g/mol. The van der Waals surface area contributed by atoms with Crippen molar-refractivity contribution in [1.29, 1.82) is 0 Å². The Bertz CT molecular complexity index is 1240. The van der Waals surface area contributed by atoms with Gasteiger partial charge < -0.3 is 9.30 Å². The Hall–Kier alpha value is -3.66. The highest BCUT2D eigenvalue weighted by Gasteiger charge is 2.20. The lowest BCUT2D eigenvalue weighted by atomic mass is 9.97. The van der Waals surface area contributed by atoms with Crippen molar-refractivity contribution in [3.05, 3.63) is 95.8 Å². The number of benzene rings is 3. The summed E-state index contributed by atoms with van der Waals surface area (Å²) >= 11 is 0. The molecule has 0 saturated heterocycles. The molecule has 0 saturated carbocycles. The summed E-state index contributed by atoms with van der Waals surface area (Å²) in [5, 5.41) is 3.56. The van der Waals surface area contributed by atoms with Crippen LogP contribution in [0.1, 0.15) is 32.1 Å². The van der Waals surface area contributed by atoms with Gasteiger partial charge in [-0.15, -0.1) is 6.58 Å². The quantitative estimate of drug-likeness (QED) is 0.183. The highest BCUT2D eigenvalue weighted by atomic mass is 16.5. The molecule has 4 nitrogen and oxygen atoms in total. The van der Waals surface area contributed by atoms with Crippen LogP contribution in [0.4, 0.5) is 0 Å². The van der Waals surface area contributed by atoms with Gasteiger partial charge >= 0.3 is 5.97 Å². The second-order valence-corrected chi connectivity index (χ2v) is 7.38. The molecule has 150 valence electrons. The van der Waals surface area contributed by atoms with E-state index in [1.165, 1.54) is 0 Å². The van der Waals surface area contributed by atoms with Crippen LogP contribution < -0.4 is 0 Å². The number of hydrogen-bond donors (Lipinski definition) is 0. The lowest BCUT2D eigenvalue weighted by Gasteiger charge is -2.11. The Kier molecular flexibility index (Phi) is 5.23. The fourth-order valence-corrected chi connectivity index (χ4v) is 4.01. The average Bonchev–Trinajstić information content (AvgIpc) is 3.04. The number of esters is 1. The lowest BCUT2D eigenvalue weighted by molar-refractivity contribution is 0.0478. The topological polar surface area (TPSA) is 48.3 Å². The van der Waals surface area contributed by atoms with Crippen LogP contribution in [0.25, 0.3) is 21.5 Å². The molecule has 4 aromatic rings. The van der Waals surface area contributed by atoms with E-state index < -0.39 is 5.97 Å². The number of aromatic nitrogens is 1. The van der Waals surface area contributed by atoms with Gasteiger partial charge in [-0.2, -0.15) is 0 Å². The van der Waals surface area contributed by atoms with E-state index in [0.29, 0.717) is 17.7 Å². The molecule has 0 fully saturated rings. The highest BCUT2D eigenvalue weighted by Crippen LogP contribution is 2.29. The zero-order chi connectivity index (χ0) is 21.3. The zero-order valence-corrected chi connectivity index (χ0v) is 17.1. The molecule has 0 atom stereocenters. The molecule has 0 unspecified atom stereocenters. The van der Waals surface area contributed by atoms with Crippen LogP contribution in [-0.2, 0) is 11.3 Å². The molecule has 0 radical (unpaired) electrons. The van der Waals surface area contributed by atoms with Gasteiger partial charge in [-0.1, -0.05) is 54.6 Å². The van der Waals surface area contributed by atoms with E-state index in [2.05, 4.69) is 12.6 Å². The summed E-state index contributed by atoms with van der Waals surface area (Å²) in [5.41, 5.74) is 2.89. The summed E-state index contributed by atoms with van der Waals surface area (Å²) in [6.07, 6.45) is 1.79. The van der Waals surface area contributed by atoms with E-state index in [4.69, 9.17) is 4.74 Å². The Morgan fingerprint density at radius 1 is 0.967 bits per heavy atom. The number of rotatable bonds is 6. The number of fused-ring (bicyclic) bond motifs is 2. The Balaban J connectivity index is 1.65. The number of carbonyl (C=O) groups excluding carboxylic acids is 2. The fourth-order valence-electron chi connectivity index (χ4n) is 4.01. The minimum Gasteiger partial charge on any atom is -0.454 e. The van der Waals surface area contributed by atoms with Crippen molar-refractivity contribution in [2.75, 3.05) is 6.61 Å². The van der Waals surface area contributed by atoms with Gasteiger partial charge in [-0.25, -0.2) is 4.79 Å². The number of carbonyl (C=O) groups is 2. The fraction of sp³-hybridized carbons (Fsp3) is 0.154. The van der Waals surface area contributed by atoms with Crippen LogP contribution in [0.15, 0.2) is 73.3 Å². The van der Waals surface area contributed by atoms with Crippen molar-refractivity contribution >= 4 is 33.3 Å². The molecule has 1 heterocycles. The van der Waals surface area contributed by atoms with Gasteiger partial charge in [0.1, 0.15) is 0 Å². The summed E-state index contributed by atoms with van der Waals surface area (Å²) in [5.74, 6) is -0.701. The van der Waals surface area contributed by atoms with Crippen molar-refractivity contribution in [2.45, 2.75) is 20.4 Å². The minimum absolute atomic E-state index is 0.212. The maximum Gasteiger partial charge on any atom is 0.339 e. The SMILES string of the molecule is C=CCn1c(C)cc(C(=O)COC(=O)c2c3ccccc3cc3ccccc23)c1C. The average molecular weight is 397 g/mol. The highest BCUT2D eigenvalue weighted by molar-refractivity contribution is 6.17. The van der Waals surface area contributed by atoms with Crippen LogP contribution in [-0.4, -0.2) is 22.9 Å². The Morgan fingerprint density at radius 2 is 1.57 bits per heavy atom.